The van der Waals surface area contributed by atoms with Crippen molar-refractivity contribution >= 4 is 0 Å². The molecule has 15 heavy (non-hydrogen) atoms. The Balaban J connectivity index is 3.37. The number of nitrogens with zero attached hydrogens (tertiary/aromatic N) is 2. The molecule has 0 fully saturated rings. The fraction of sp³-hybridized carbons (Fsp3) is 0.778. The highest BCUT2D eigenvalue weighted by Gasteiger charge is 2.11. The van der Waals surface area contributed by atoms with Crippen molar-refractivity contribution < 1.29 is 18.3 Å². The van der Waals surface area contributed by atoms with Crippen LogP contribution in [-0.4, -0.2) is 32.4 Å². The van der Waals surface area contributed by atoms with Crippen LogP contribution in [0.4, 0.5) is 8.78 Å². The zero-order chi connectivity index (χ0) is 11.5. The lowest BCUT2D eigenvalue weighted by molar-refractivity contribution is -0.0669. The molecular weight excluding hydrogens is 206 g/mol. The fourth-order valence-corrected chi connectivity index (χ4v) is 0.717. The van der Waals surface area contributed by atoms with Crippen molar-refractivity contribution in [3.05, 3.63) is 0 Å². The highest BCUT2D eigenvalue weighted by atomic mass is 19.1. The normalized spacial score (nSPS) is 13.9. The molecule has 4 nitrogen and oxygen atoms in total. The van der Waals surface area contributed by atoms with E-state index in [2.05, 4.69) is 4.74 Å². The van der Waals surface area contributed by atoms with Crippen molar-refractivity contribution in [2.75, 3.05) is 19.8 Å². The monoisotopic (exact) mass is 218 g/mol. The van der Waals surface area contributed by atoms with Gasteiger partial charge < -0.3 is 9.47 Å². The molecule has 2 unspecified atom stereocenters. The quantitative estimate of drug-likeness (QED) is 0.579. The van der Waals surface area contributed by atoms with Crippen LogP contribution in [0.3, 0.4) is 0 Å². The molecule has 0 amide bonds. The Morgan fingerprint density at radius 2 is 1.87 bits per heavy atom. The van der Waals surface area contributed by atoms with Gasteiger partial charge in [0.15, 0.2) is 0 Å². The predicted octanol–water partition coefficient (Wildman–Crippen LogP) is 1.48. The van der Waals surface area contributed by atoms with Crippen LogP contribution in [0.2, 0.25) is 0 Å². The molecule has 0 aliphatic carbocycles. The number of alkyl halides is 2. The highest BCUT2D eigenvalue weighted by Crippen LogP contribution is 2.02. The van der Waals surface area contributed by atoms with Gasteiger partial charge in [0.05, 0.1) is 44.8 Å². The Bertz CT molecular complexity index is 237. The van der Waals surface area contributed by atoms with Gasteiger partial charge in [-0.2, -0.15) is 10.5 Å². The van der Waals surface area contributed by atoms with E-state index in [-0.39, 0.29) is 19.6 Å². The summed E-state index contributed by atoms with van der Waals surface area (Å²) in [4.78, 5) is 0. The molecule has 84 valence electrons. The summed E-state index contributed by atoms with van der Waals surface area (Å²) in [6, 6.07) is 3.40. The third kappa shape index (κ3) is 9.07. The van der Waals surface area contributed by atoms with E-state index in [9.17, 15) is 8.78 Å². The van der Waals surface area contributed by atoms with Gasteiger partial charge in [-0.3, -0.25) is 0 Å². The Hall–Kier alpha value is -1.24. The van der Waals surface area contributed by atoms with Gasteiger partial charge in [0.1, 0.15) is 6.17 Å². The van der Waals surface area contributed by atoms with Crippen molar-refractivity contribution in [2.45, 2.75) is 25.4 Å². The average Bonchev–Trinajstić information content (AvgIpc) is 2.22. The first kappa shape index (κ1) is 13.8. The summed E-state index contributed by atoms with van der Waals surface area (Å²) in [5.74, 6) is 0. The van der Waals surface area contributed by atoms with E-state index >= 15 is 0 Å². The van der Waals surface area contributed by atoms with Gasteiger partial charge in [0.2, 0.25) is 6.36 Å². The molecule has 0 N–H and O–H groups in total. The lowest BCUT2D eigenvalue weighted by Crippen LogP contribution is -2.20. The van der Waals surface area contributed by atoms with Gasteiger partial charge >= 0.3 is 0 Å². The van der Waals surface area contributed by atoms with Crippen molar-refractivity contribution in [3.8, 4) is 12.1 Å². The van der Waals surface area contributed by atoms with Crippen molar-refractivity contribution in [3.63, 3.8) is 0 Å². The Kier molecular flexibility index (Phi) is 8.55. The minimum absolute atomic E-state index is 0.147. The van der Waals surface area contributed by atoms with Crippen LogP contribution in [0.15, 0.2) is 0 Å². The summed E-state index contributed by atoms with van der Waals surface area (Å²) >= 11 is 0. The minimum Gasteiger partial charge on any atom is -0.377 e. The third-order valence-electron chi connectivity index (χ3n) is 1.37. The zero-order valence-electron chi connectivity index (χ0n) is 8.16. The van der Waals surface area contributed by atoms with Gasteiger partial charge in [0, 0.05) is 0 Å². The summed E-state index contributed by atoms with van der Waals surface area (Å²) in [6.07, 6.45) is -3.43. The molecule has 0 saturated carbocycles. The van der Waals surface area contributed by atoms with E-state index < -0.39 is 25.6 Å². The summed E-state index contributed by atoms with van der Waals surface area (Å²) < 4.78 is 34.5. The first-order chi connectivity index (χ1) is 7.20. The Morgan fingerprint density at radius 1 is 1.13 bits per heavy atom. The number of hydrogen-bond acceptors (Lipinski definition) is 4. The molecule has 0 aliphatic heterocycles. The van der Waals surface area contributed by atoms with Crippen LogP contribution in [0.1, 0.15) is 12.8 Å². The lowest BCUT2D eigenvalue weighted by Gasteiger charge is -2.10. The minimum atomic E-state index is -1.76. The molecule has 0 saturated heterocycles. The van der Waals surface area contributed by atoms with Crippen molar-refractivity contribution in [1.82, 2.24) is 0 Å². The SMILES string of the molecule is N#CCCOCC(F)COC(F)CC#N. The molecule has 6 heteroatoms. The fourth-order valence-electron chi connectivity index (χ4n) is 0.717. The number of hydrogen-bond donors (Lipinski definition) is 0. The topological polar surface area (TPSA) is 66.0 Å². The standard InChI is InChI=1S/C9H12F2N2O2/c10-8(6-14-5-1-3-12)7-15-9(11)2-4-13/h8-9H,1-2,5-7H2. The molecule has 0 heterocycles. The summed E-state index contributed by atoms with van der Waals surface area (Å²) in [5.41, 5.74) is 0. The van der Waals surface area contributed by atoms with Gasteiger partial charge in [-0.15, -0.1) is 0 Å². The molecule has 0 aromatic heterocycles. The summed E-state index contributed by atoms with van der Waals surface area (Å²) in [7, 11) is 0. The van der Waals surface area contributed by atoms with Crippen LogP contribution in [-0.2, 0) is 9.47 Å². The largest absolute Gasteiger partial charge is 0.377 e. The number of rotatable bonds is 8. The van der Waals surface area contributed by atoms with Crippen LogP contribution in [0, 0.1) is 22.7 Å². The first-order valence-electron chi connectivity index (χ1n) is 4.42. The molecular formula is C9H12F2N2O2. The van der Waals surface area contributed by atoms with Gasteiger partial charge in [-0.05, 0) is 0 Å². The second-order valence-electron chi connectivity index (χ2n) is 2.69. The molecule has 0 aliphatic rings. The van der Waals surface area contributed by atoms with Crippen molar-refractivity contribution in [1.29, 1.82) is 10.5 Å². The molecule has 2 atom stereocenters. The van der Waals surface area contributed by atoms with E-state index in [0.29, 0.717) is 0 Å². The van der Waals surface area contributed by atoms with E-state index in [1.54, 1.807) is 6.07 Å². The maximum atomic E-state index is 12.8. The van der Waals surface area contributed by atoms with E-state index in [4.69, 9.17) is 15.3 Å². The number of ether oxygens (including phenoxy) is 2. The van der Waals surface area contributed by atoms with Gasteiger partial charge in [0.25, 0.3) is 0 Å². The van der Waals surface area contributed by atoms with Gasteiger partial charge in [-0.25, -0.2) is 8.78 Å². The van der Waals surface area contributed by atoms with Gasteiger partial charge in [-0.1, -0.05) is 0 Å². The predicted molar refractivity (Wildman–Crippen MR) is 47.0 cm³/mol. The molecule has 0 spiro atoms. The molecule has 0 bridgehead atoms. The maximum absolute atomic E-state index is 12.8. The second kappa shape index (κ2) is 9.32. The van der Waals surface area contributed by atoms with E-state index in [1.165, 1.54) is 0 Å². The molecule has 0 radical (unpaired) electrons. The Labute approximate surface area is 87.0 Å². The molecule has 0 rings (SSSR count). The Morgan fingerprint density at radius 3 is 2.47 bits per heavy atom. The smallest absolute Gasteiger partial charge is 0.212 e. The number of halogens is 2. The third-order valence-corrected chi connectivity index (χ3v) is 1.37. The molecule has 0 aromatic carbocycles. The van der Waals surface area contributed by atoms with E-state index in [1.807, 2.05) is 6.07 Å². The number of nitriles is 2. The van der Waals surface area contributed by atoms with Crippen molar-refractivity contribution in [2.24, 2.45) is 0 Å². The molecule has 0 aromatic rings. The summed E-state index contributed by atoms with van der Waals surface area (Å²) in [5, 5.41) is 16.2. The second-order valence-corrected chi connectivity index (χ2v) is 2.69. The first-order valence-corrected chi connectivity index (χ1v) is 4.42. The maximum Gasteiger partial charge on any atom is 0.212 e. The van der Waals surface area contributed by atoms with Crippen LogP contribution < -0.4 is 0 Å². The zero-order valence-corrected chi connectivity index (χ0v) is 8.16. The summed E-state index contributed by atoms with van der Waals surface area (Å²) in [6.45, 7) is -0.537. The highest BCUT2D eigenvalue weighted by molar-refractivity contribution is 4.71. The average molecular weight is 218 g/mol. The van der Waals surface area contributed by atoms with Crippen LogP contribution >= 0.6 is 0 Å². The van der Waals surface area contributed by atoms with Crippen LogP contribution in [0.5, 0.6) is 0 Å². The van der Waals surface area contributed by atoms with Crippen LogP contribution in [0.25, 0.3) is 0 Å². The van der Waals surface area contributed by atoms with E-state index in [0.717, 1.165) is 0 Å². The lowest BCUT2D eigenvalue weighted by atomic mass is 10.4.